The minimum Gasteiger partial charge on any atom is -0.487 e. The van der Waals surface area contributed by atoms with Crippen molar-refractivity contribution in [3.05, 3.63) is 85.8 Å². The van der Waals surface area contributed by atoms with Crippen molar-refractivity contribution in [1.29, 1.82) is 0 Å². The summed E-state index contributed by atoms with van der Waals surface area (Å²) in [6.45, 7) is 1.71. The predicted octanol–water partition coefficient (Wildman–Crippen LogP) is 3.43. The van der Waals surface area contributed by atoms with Gasteiger partial charge in [-0.1, -0.05) is 0 Å². The molecule has 0 atom stereocenters. The zero-order valence-electron chi connectivity index (χ0n) is 14.7. The van der Waals surface area contributed by atoms with E-state index in [9.17, 15) is 18.4 Å². The topological polar surface area (TPSA) is 74.1 Å². The summed E-state index contributed by atoms with van der Waals surface area (Å²) in [7, 11) is 0. The highest BCUT2D eigenvalue weighted by Crippen LogP contribution is 2.24. The number of benzene rings is 1. The minimum absolute atomic E-state index is 0.155. The molecule has 0 N–H and O–H groups in total. The lowest BCUT2D eigenvalue weighted by Crippen LogP contribution is -2.24. The molecule has 0 unspecified atom stereocenters. The number of carbonyl (C=O) groups excluding carboxylic acids is 1. The van der Waals surface area contributed by atoms with Crippen molar-refractivity contribution >= 4 is 22.2 Å². The number of aldehydes is 1. The molecule has 9 heteroatoms. The van der Waals surface area contributed by atoms with Crippen LogP contribution < -0.4 is 10.3 Å². The zero-order valence-corrected chi connectivity index (χ0v) is 16.2. The van der Waals surface area contributed by atoms with E-state index in [1.54, 1.807) is 13.0 Å². The van der Waals surface area contributed by atoms with Gasteiger partial charge in [-0.2, -0.15) is 0 Å². The van der Waals surface area contributed by atoms with Gasteiger partial charge in [-0.3, -0.25) is 14.6 Å². The van der Waals surface area contributed by atoms with E-state index in [0.29, 0.717) is 17.7 Å². The van der Waals surface area contributed by atoms with Gasteiger partial charge in [0.25, 0.3) is 5.56 Å². The van der Waals surface area contributed by atoms with Gasteiger partial charge in [0.1, 0.15) is 34.2 Å². The Morgan fingerprint density at radius 2 is 2.00 bits per heavy atom. The molecule has 0 aliphatic carbocycles. The third kappa shape index (κ3) is 4.30. The van der Waals surface area contributed by atoms with Crippen molar-refractivity contribution in [3.63, 3.8) is 0 Å². The van der Waals surface area contributed by atoms with Crippen molar-refractivity contribution in [2.75, 3.05) is 0 Å². The number of ether oxygens (including phenoxy) is 1. The fourth-order valence-electron chi connectivity index (χ4n) is 2.48. The first kappa shape index (κ1) is 19.8. The van der Waals surface area contributed by atoms with Gasteiger partial charge in [0.2, 0.25) is 0 Å². The largest absolute Gasteiger partial charge is 0.487 e. The summed E-state index contributed by atoms with van der Waals surface area (Å²) in [4.78, 5) is 31.3. The van der Waals surface area contributed by atoms with Crippen molar-refractivity contribution < 1.29 is 18.3 Å². The molecule has 0 aliphatic heterocycles. The Morgan fingerprint density at radius 1 is 1.21 bits per heavy atom. The van der Waals surface area contributed by atoms with E-state index >= 15 is 0 Å². The van der Waals surface area contributed by atoms with Gasteiger partial charge in [0.15, 0.2) is 6.29 Å². The number of halogens is 3. The van der Waals surface area contributed by atoms with Crippen LogP contribution >= 0.6 is 15.9 Å². The zero-order chi connectivity index (χ0) is 20.3. The number of hydrogen-bond donors (Lipinski definition) is 0. The van der Waals surface area contributed by atoms with E-state index in [1.807, 2.05) is 0 Å². The second-order valence-electron chi connectivity index (χ2n) is 5.93. The molecular formula is C19H14BrF2N3O3. The van der Waals surface area contributed by atoms with Gasteiger partial charge in [-0.25, -0.2) is 13.8 Å². The molecule has 28 heavy (non-hydrogen) atoms. The molecule has 0 bridgehead atoms. The third-order valence-corrected chi connectivity index (χ3v) is 4.71. The minimum atomic E-state index is -0.724. The molecule has 0 amide bonds. The Labute approximate surface area is 167 Å². The van der Waals surface area contributed by atoms with Gasteiger partial charge in [0, 0.05) is 23.4 Å². The Kier molecular flexibility index (Phi) is 5.93. The monoisotopic (exact) mass is 449 g/mol. The Bertz CT molecular complexity index is 1090. The lowest BCUT2D eigenvalue weighted by molar-refractivity contribution is 0.111. The fourth-order valence-corrected chi connectivity index (χ4v) is 2.92. The van der Waals surface area contributed by atoms with Crippen LogP contribution in [0.15, 0.2) is 45.9 Å². The molecule has 0 aliphatic rings. The lowest BCUT2D eigenvalue weighted by atomic mass is 10.2. The molecule has 1 aromatic carbocycles. The van der Waals surface area contributed by atoms with Crippen molar-refractivity contribution in [2.45, 2.75) is 20.1 Å². The predicted molar refractivity (Wildman–Crippen MR) is 100 cm³/mol. The van der Waals surface area contributed by atoms with Crippen LogP contribution in [-0.2, 0) is 13.2 Å². The van der Waals surface area contributed by atoms with Gasteiger partial charge >= 0.3 is 0 Å². The van der Waals surface area contributed by atoms with Crippen LogP contribution in [0.4, 0.5) is 8.78 Å². The molecule has 0 saturated heterocycles. The average molecular weight is 450 g/mol. The number of carbonyl (C=O) groups is 1. The second kappa shape index (κ2) is 8.39. The molecular weight excluding hydrogens is 436 g/mol. The van der Waals surface area contributed by atoms with Crippen LogP contribution in [0.5, 0.6) is 5.75 Å². The Balaban J connectivity index is 1.83. The molecule has 0 spiro atoms. The first-order valence-corrected chi connectivity index (χ1v) is 8.91. The smallest absolute Gasteiger partial charge is 0.269 e. The van der Waals surface area contributed by atoms with Crippen molar-refractivity contribution in [3.8, 4) is 5.75 Å². The molecule has 0 fully saturated rings. The highest BCUT2D eigenvalue weighted by atomic mass is 79.9. The van der Waals surface area contributed by atoms with Gasteiger partial charge in [-0.15, -0.1) is 0 Å². The van der Waals surface area contributed by atoms with Gasteiger partial charge in [-0.05, 0) is 35.0 Å². The molecule has 3 rings (SSSR count). The standard InChI is InChI=1S/C19H14BrF2N3O3/c1-11-4-17(28-10-12-2-3-13(21)5-16(12)22)18(20)19(27)25(11)8-14-6-24-15(9-26)7-23-14/h2-7,9H,8,10H2,1H3. The van der Waals surface area contributed by atoms with Crippen LogP contribution in [0.2, 0.25) is 0 Å². The van der Waals surface area contributed by atoms with E-state index < -0.39 is 11.6 Å². The summed E-state index contributed by atoms with van der Waals surface area (Å²) in [5.41, 5.74) is 1.09. The molecule has 144 valence electrons. The average Bonchev–Trinajstić information content (AvgIpc) is 2.68. The van der Waals surface area contributed by atoms with Crippen LogP contribution in [0, 0.1) is 18.6 Å². The molecule has 2 aromatic heterocycles. The van der Waals surface area contributed by atoms with Crippen molar-refractivity contribution in [2.24, 2.45) is 0 Å². The Hall–Kier alpha value is -2.94. The SMILES string of the molecule is Cc1cc(OCc2ccc(F)cc2F)c(Br)c(=O)n1Cc1cnc(C=O)cn1. The molecule has 6 nitrogen and oxygen atoms in total. The van der Waals surface area contributed by atoms with Gasteiger partial charge < -0.3 is 9.30 Å². The van der Waals surface area contributed by atoms with Crippen LogP contribution in [0.1, 0.15) is 27.4 Å². The number of aromatic nitrogens is 3. The number of hydrogen-bond acceptors (Lipinski definition) is 5. The number of aryl methyl sites for hydroxylation is 1. The van der Waals surface area contributed by atoms with E-state index in [4.69, 9.17) is 4.74 Å². The normalized spacial score (nSPS) is 10.7. The van der Waals surface area contributed by atoms with Crippen LogP contribution in [0.25, 0.3) is 0 Å². The highest BCUT2D eigenvalue weighted by molar-refractivity contribution is 9.10. The fraction of sp³-hybridized carbons (Fsp3) is 0.158. The first-order valence-electron chi connectivity index (χ1n) is 8.12. The van der Waals surface area contributed by atoms with Crippen LogP contribution in [0.3, 0.4) is 0 Å². The molecule has 3 aromatic rings. The first-order chi connectivity index (χ1) is 13.4. The maximum absolute atomic E-state index is 13.7. The molecule has 0 radical (unpaired) electrons. The summed E-state index contributed by atoms with van der Waals surface area (Å²) >= 11 is 3.21. The van der Waals surface area contributed by atoms with E-state index in [-0.39, 0.29) is 40.2 Å². The number of nitrogens with zero attached hydrogens (tertiary/aromatic N) is 3. The molecule has 0 saturated carbocycles. The third-order valence-electron chi connectivity index (χ3n) is 3.98. The summed E-state index contributed by atoms with van der Waals surface area (Å²) in [6, 6.07) is 4.82. The lowest BCUT2D eigenvalue weighted by Gasteiger charge is -2.14. The maximum Gasteiger partial charge on any atom is 0.269 e. The Morgan fingerprint density at radius 3 is 2.64 bits per heavy atom. The number of rotatable bonds is 6. The summed E-state index contributed by atoms with van der Waals surface area (Å²) in [5, 5.41) is 0. The van der Waals surface area contributed by atoms with Crippen molar-refractivity contribution in [1.82, 2.24) is 14.5 Å². The van der Waals surface area contributed by atoms with E-state index in [2.05, 4.69) is 25.9 Å². The van der Waals surface area contributed by atoms with Gasteiger partial charge in [0.05, 0.1) is 24.6 Å². The quantitative estimate of drug-likeness (QED) is 0.539. The van der Waals surface area contributed by atoms with Crippen LogP contribution in [-0.4, -0.2) is 20.8 Å². The number of pyridine rings is 1. The highest BCUT2D eigenvalue weighted by Gasteiger charge is 2.14. The summed E-state index contributed by atoms with van der Waals surface area (Å²) in [5.74, 6) is -1.16. The maximum atomic E-state index is 13.7. The molecule has 2 heterocycles. The summed E-state index contributed by atoms with van der Waals surface area (Å²) < 4.78 is 33.9. The second-order valence-corrected chi connectivity index (χ2v) is 6.72. The van der Waals surface area contributed by atoms with E-state index in [0.717, 1.165) is 12.1 Å². The summed E-state index contributed by atoms with van der Waals surface area (Å²) in [6.07, 6.45) is 3.33. The van der Waals surface area contributed by atoms with E-state index in [1.165, 1.54) is 23.0 Å².